The average Bonchev–Trinajstić information content (AvgIpc) is 3.19. The molecule has 2 aliphatic carbocycles. The lowest BCUT2D eigenvalue weighted by molar-refractivity contribution is -0.130. The van der Waals surface area contributed by atoms with Gasteiger partial charge in [0.25, 0.3) is 0 Å². The Morgan fingerprint density at radius 1 is 1.43 bits per heavy atom. The molecule has 0 aliphatic heterocycles. The smallest absolute Gasteiger partial charge is 0.230 e. The number of amides is 1. The minimum atomic E-state index is -0.536. The summed E-state index contributed by atoms with van der Waals surface area (Å²) in [7, 11) is 0. The number of halogens is 2. The molecule has 0 saturated heterocycles. The van der Waals surface area contributed by atoms with E-state index in [2.05, 4.69) is 5.32 Å². The van der Waals surface area contributed by atoms with Crippen molar-refractivity contribution in [2.75, 3.05) is 6.54 Å². The van der Waals surface area contributed by atoms with Crippen LogP contribution in [0.5, 0.6) is 0 Å². The third kappa shape index (κ3) is 3.22. The van der Waals surface area contributed by atoms with Gasteiger partial charge in [0.15, 0.2) is 0 Å². The monoisotopic (exact) mass is 312 g/mol. The van der Waals surface area contributed by atoms with Crippen molar-refractivity contribution < 1.29 is 9.18 Å². The van der Waals surface area contributed by atoms with Crippen LogP contribution in [0.25, 0.3) is 0 Å². The Bertz CT molecular complexity index is 515. The highest BCUT2D eigenvalue weighted by Crippen LogP contribution is 2.44. The highest BCUT2D eigenvalue weighted by molar-refractivity contribution is 5.89. The first kappa shape index (κ1) is 16.2. The fourth-order valence-electron chi connectivity index (χ4n) is 3.03. The molecule has 21 heavy (non-hydrogen) atoms. The van der Waals surface area contributed by atoms with Gasteiger partial charge < -0.3 is 11.1 Å². The molecule has 2 fully saturated rings. The van der Waals surface area contributed by atoms with Gasteiger partial charge in [0.05, 0.1) is 5.41 Å². The maximum absolute atomic E-state index is 13.4. The third-order valence-electron chi connectivity index (χ3n) is 4.74. The zero-order chi connectivity index (χ0) is 14.2. The molecule has 1 amide bonds. The Morgan fingerprint density at radius 3 is 2.67 bits per heavy atom. The summed E-state index contributed by atoms with van der Waals surface area (Å²) < 4.78 is 13.4. The topological polar surface area (TPSA) is 55.1 Å². The van der Waals surface area contributed by atoms with Gasteiger partial charge >= 0.3 is 0 Å². The van der Waals surface area contributed by atoms with Crippen LogP contribution >= 0.6 is 12.4 Å². The van der Waals surface area contributed by atoms with E-state index in [4.69, 9.17) is 5.73 Å². The number of carbonyl (C=O) groups is 1. The highest BCUT2D eigenvalue weighted by atomic mass is 35.5. The molecule has 0 spiro atoms. The number of benzene rings is 1. The van der Waals surface area contributed by atoms with Gasteiger partial charge in [-0.05, 0) is 49.3 Å². The molecule has 0 bridgehead atoms. The van der Waals surface area contributed by atoms with Crippen molar-refractivity contribution >= 4 is 18.3 Å². The number of hydrogen-bond acceptors (Lipinski definition) is 2. The molecule has 1 unspecified atom stereocenters. The second-order valence-electron chi connectivity index (χ2n) is 6.16. The number of nitrogens with two attached hydrogens (primary N) is 1. The van der Waals surface area contributed by atoms with E-state index in [1.807, 2.05) is 6.07 Å². The highest BCUT2D eigenvalue weighted by Gasteiger charge is 2.45. The van der Waals surface area contributed by atoms with Crippen LogP contribution in [0.2, 0.25) is 0 Å². The molecular formula is C16H22ClFN2O. The van der Waals surface area contributed by atoms with Gasteiger partial charge in [-0.25, -0.2) is 4.39 Å². The van der Waals surface area contributed by atoms with Crippen LogP contribution in [0.3, 0.4) is 0 Å². The van der Waals surface area contributed by atoms with Gasteiger partial charge in [-0.1, -0.05) is 18.6 Å². The van der Waals surface area contributed by atoms with Gasteiger partial charge in [-0.2, -0.15) is 0 Å². The van der Waals surface area contributed by atoms with Crippen LogP contribution in [-0.2, 0) is 10.2 Å². The van der Waals surface area contributed by atoms with E-state index in [-0.39, 0.29) is 30.2 Å². The summed E-state index contributed by atoms with van der Waals surface area (Å²) in [5.74, 6) is 0.295. The molecule has 0 aromatic heterocycles. The molecule has 0 radical (unpaired) electrons. The number of nitrogens with one attached hydrogen (secondary N) is 1. The summed E-state index contributed by atoms with van der Waals surface area (Å²) in [6, 6.07) is 6.48. The van der Waals surface area contributed by atoms with Gasteiger partial charge in [0.2, 0.25) is 5.91 Å². The lowest BCUT2D eigenvalue weighted by Crippen LogP contribution is -2.51. The fraction of sp³-hybridized carbons (Fsp3) is 0.562. The van der Waals surface area contributed by atoms with Crippen molar-refractivity contribution in [3.63, 3.8) is 0 Å². The molecule has 1 aromatic rings. The first-order chi connectivity index (χ1) is 9.62. The van der Waals surface area contributed by atoms with E-state index in [0.29, 0.717) is 12.5 Å². The second-order valence-corrected chi connectivity index (χ2v) is 6.16. The van der Waals surface area contributed by atoms with Crippen LogP contribution in [-0.4, -0.2) is 18.5 Å². The molecule has 2 saturated carbocycles. The fourth-order valence-corrected chi connectivity index (χ4v) is 3.03. The molecule has 2 aliphatic rings. The second kappa shape index (κ2) is 6.32. The quantitative estimate of drug-likeness (QED) is 0.878. The molecular weight excluding hydrogens is 291 g/mol. The molecule has 1 aromatic carbocycles. The Hall–Kier alpha value is -1.13. The standard InChI is InChI=1S/C16H21FN2O.ClH/c17-13-4-1-3-12(9-13)16(7-2-8-16)15(20)19-10-14(18)11-5-6-11;/h1,3-4,9,11,14H,2,5-8,10,18H2,(H,19,20);1H. The number of hydrogen-bond donors (Lipinski definition) is 2. The lowest BCUT2D eigenvalue weighted by Gasteiger charge is -2.41. The lowest BCUT2D eigenvalue weighted by atomic mass is 9.63. The van der Waals surface area contributed by atoms with Gasteiger partial charge in [0.1, 0.15) is 5.82 Å². The Labute approximate surface area is 130 Å². The van der Waals surface area contributed by atoms with Crippen molar-refractivity contribution in [1.82, 2.24) is 5.32 Å². The third-order valence-corrected chi connectivity index (χ3v) is 4.74. The predicted octanol–water partition coefficient (Wildman–Crippen LogP) is 2.52. The maximum atomic E-state index is 13.4. The van der Waals surface area contributed by atoms with Crippen molar-refractivity contribution in [2.45, 2.75) is 43.6 Å². The maximum Gasteiger partial charge on any atom is 0.230 e. The minimum absolute atomic E-state index is 0. The van der Waals surface area contributed by atoms with Crippen LogP contribution in [0.4, 0.5) is 4.39 Å². The van der Waals surface area contributed by atoms with E-state index >= 15 is 0 Å². The van der Waals surface area contributed by atoms with Crippen LogP contribution in [0, 0.1) is 11.7 Å². The van der Waals surface area contributed by atoms with Gasteiger partial charge in [-0.3, -0.25) is 4.79 Å². The van der Waals surface area contributed by atoms with Crippen LogP contribution in [0.1, 0.15) is 37.7 Å². The molecule has 1 atom stereocenters. The normalized spacial score (nSPS) is 20.9. The Morgan fingerprint density at radius 2 is 2.14 bits per heavy atom. The van der Waals surface area contributed by atoms with Gasteiger partial charge in [-0.15, -0.1) is 12.4 Å². The van der Waals surface area contributed by atoms with E-state index in [1.165, 1.54) is 25.0 Å². The molecule has 116 valence electrons. The van der Waals surface area contributed by atoms with Crippen molar-refractivity contribution in [3.05, 3.63) is 35.6 Å². The summed E-state index contributed by atoms with van der Waals surface area (Å²) in [5, 5.41) is 2.98. The summed E-state index contributed by atoms with van der Waals surface area (Å²) >= 11 is 0. The van der Waals surface area contributed by atoms with Crippen LogP contribution < -0.4 is 11.1 Å². The zero-order valence-corrected chi connectivity index (χ0v) is 12.8. The molecule has 3 rings (SSSR count). The Balaban J connectivity index is 0.00000161. The summed E-state index contributed by atoms with van der Waals surface area (Å²) in [6.45, 7) is 0.528. The summed E-state index contributed by atoms with van der Waals surface area (Å²) in [5.41, 5.74) is 6.27. The van der Waals surface area contributed by atoms with Crippen molar-refractivity contribution in [3.8, 4) is 0 Å². The number of carbonyl (C=O) groups excluding carboxylic acids is 1. The van der Waals surface area contributed by atoms with Gasteiger partial charge in [0, 0.05) is 12.6 Å². The SMILES string of the molecule is Cl.NC(CNC(=O)C1(c2cccc(F)c2)CCC1)C1CC1. The molecule has 3 nitrogen and oxygen atoms in total. The van der Waals surface area contributed by atoms with E-state index < -0.39 is 5.41 Å². The first-order valence-electron chi connectivity index (χ1n) is 7.42. The first-order valence-corrected chi connectivity index (χ1v) is 7.42. The van der Waals surface area contributed by atoms with E-state index in [9.17, 15) is 9.18 Å². The zero-order valence-electron chi connectivity index (χ0n) is 12.0. The molecule has 5 heteroatoms. The summed E-state index contributed by atoms with van der Waals surface area (Å²) in [6.07, 6.45) is 4.94. The van der Waals surface area contributed by atoms with E-state index in [1.54, 1.807) is 6.07 Å². The van der Waals surface area contributed by atoms with Crippen molar-refractivity contribution in [2.24, 2.45) is 11.7 Å². The number of rotatable bonds is 5. The molecule has 3 N–H and O–H groups in total. The predicted molar refractivity (Wildman–Crippen MR) is 82.9 cm³/mol. The minimum Gasteiger partial charge on any atom is -0.354 e. The molecule has 0 heterocycles. The van der Waals surface area contributed by atoms with E-state index in [0.717, 1.165) is 24.8 Å². The van der Waals surface area contributed by atoms with Crippen LogP contribution in [0.15, 0.2) is 24.3 Å². The average molecular weight is 313 g/mol. The Kier molecular flexibility index (Phi) is 4.89. The summed E-state index contributed by atoms with van der Waals surface area (Å²) in [4.78, 5) is 12.5. The van der Waals surface area contributed by atoms with Crippen molar-refractivity contribution in [1.29, 1.82) is 0 Å². The largest absolute Gasteiger partial charge is 0.354 e.